The summed E-state index contributed by atoms with van der Waals surface area (Å²) < 4.78 is 33.4. The number of amides is 1. The van der Waals surface area contributed by atoms with Crippen LogP contribution in [0.2, 0.25) is 5.02 Å². The molecule has 0 aromatic heterocycles. The van der Waals surface area contributed by atoms with Crippen molar-refractivity contribution in [1.82, 2.24) is 4.31 Å². The standard InChI is InChI=1S/C28H32ClN3O4S/c1-20(2)19-36-23-11-9-22(10-12-23)28(33)30-26-6-4-5-25(29)27(26)31-15-17-32(18-16-31)37(34,35)24-13-7-21(3)8-14-24/h4-14,20H,15-19H2,1-3H3,(H,30,33). The topological polar surface area (TPSA) is 79.0 Å². The molecular formula is C28H32ClN3O4S. The molecule has 4 rings (SSSR count). The average Bonchev–Trinajstić information content (AvgIpc) is 2.88. The maximum Gasteiger partial charge on any atom is 0.255 e. The lowest BCUT2D eigenvalue weighted by Crippen LogP contribution is -2.49. The van der Waals surface area contributed by atoms with Crippen molar-refractivity contribution in [3.05, 3.63) is 82.9 Å². The van der Waals surface area contributed by atoms with Crippen molar-refractivity contribution in [3.8, 4) is 5.75 Å². The zero-order valence-corrected chi connectivity index (χ0v) is 22.8. The van der Waals surface area contributed by atoms with Crippen LogP contribution in [0.4, 0.5) is 11.4 Å². The van der Waals surface area contributed by atoms with Gasteiger partial charge in [0.15, 0.2) is 0 Å². The number of nitrogens with zero attached hydrogens (tertiary/aromatic N) is 2. The highest BCUT2D eigenvalue weighted by Gasteiger charge is 2.30. The summed E-state index contributed by atoms with van der Waals surface area (Å²) in [7, 11) is -3.58. The van der Waals surface area contributed by atoms with Crippen molar-refractivity contribution in [3.63, 3.8) is 0 Å². The van der Waals surface area contributed by atoms with E-state index in [1.807, 2.05) is 11.8 Å². The summed E-state index contributed by atoms with van der Waals surface area (Å²) in [5, 5.41) is 3.46. The number of anilines is 2. The lowest BCUT2D eigenvalue weighted by molar-refractivity contribution is 0.102. The molecule has 0 radical (unpaired) electrons. The van der Waals surface area contributed by atoms with E-state index in [-0.39, 0.29) is 10.8 Å². The summed E-state index contributed by atoms with van der Waals surface area (Å²) in [6.07, 6.45) is 0. The zero-order valence-electron chi connectivity index (χ0n) is 21.3. The van der Waals surface area contributed by atoms with Crippen LogP contribution in [0.3, 0.4) is 0 Å². The normalized spacial score (nSPS) is 14.6. The van der Waals surface area contributed by atoms with Crippen LogP contribution in [0.15, 0.2) is 71.6 Å². The molecule has 1 aliphatic rings. The van der Waals surface area contributed by atoms with Gasteiger partial charge in [0.1, 0.15) is 5.75 Å². The second kappa shape index (κ2) is 11.5. The van der Waals surface area contributed by atoms with Gasteiger partial charge in [-0.25, -0.2) is 8.42 Å². The van der Waals surface area contributed by atoms with E-state index in [1.165, 1.54) is 4.31 Å². The third-order valence-corrected chi connectivity index (χ3v) is 8.37. The van der Waals surface area contributed by atoms with E-state index in [0.29, 0.717) is 66.4 Å². The van der Waals surface area contributed by atoms with Gasteiger partial charge in [-0.2, -0.15) is 4.31 Å². The summed E-state index contributed by atoms with van der Waals surface area (Å²) in [6, 6.07) is 19.2. The Kier molecular flexibility index (Phi) is 8.42. The molecule has 1 saturated heterocycles. The smallest absolute Gasteiger partial charge is 0.255 e. The molecule has 0 bridgehead atoms. The molecule has 196 valence electrons. The first-order valence-corrected chi connectivity index (χ1v) is 14.1. The molecule has 37 heavy (non-hydrogen) atoms. The monoisotopic (exact) mass is 541 g/mol. The number of halogens is 1. The van der Waals surface area contributed by atoms with Crippen LogP contribution in [-0.4, -0.2) is 51.4 Å². The number of carbonyl (C=O) groups is 1. The van der Waals surface area contributed by atoms with Gasteiger partial charge in [-0.1, -0.05) is 49.2 Å². The van der Waals surface area contributed by atoms with Crippen LogP contribution in [0, 0.1) is 12.8 Å². The van der Waals surface area contributed by atoms with E-state index >= 15 is 0 Å². The number of carbonyl (C=O) groups excluding carboxylic acids is 1. The number of piperazine rings is 1. The van der Waals surface area contributed by atoms with E-state index in [4.69, 9.17) is 16.3 Å². The summed E-state index contributed by atoms with van der Waals surface area (Å²) in [5.41, 5.74) is 2.76. The first-order valence-electron chi connectivity index (χ1n) is 12.3. The van der Waals surface area contributed by atoms with E-state index < -0.39 is 10.0 Å². The third kappa shape index (κ3) is 6.44. The van der Waals surface area contributed by atoms with Crippen molar-refractivity contribution < 1.29 is 17.9 Å². The molecule has 0 atom stereocenters. The minimum absolute atomic E-state index is 0.264. The molecule has 0 unspecified atom stereocenters. The number of aryl methyl sites for hydroxylation is 1. The van der Waals surface area contributed by atoms with Crippen molar-refractivity contribution in [2.75, 3.05) is 43.0 Å². The van der Waals surface area contributed by atoms with Gasteiger partial charge in [-0.05, 0) is 61.4 Å². The number of nitrogens with one attached hydrogen (secondary N) is 1. The summed E-state index contributed by atoms with van der Waals surface area (Å²) >= 11 is 6.57. The lowest BCUT2D eigenvalue weighted by Gasteiger charge is -2.36. The van der Waals surface area contributed by atoms with Gasteiger partial charge in [0.05, 0.1) is 27.9 Å². The maximum absolute atomic E-state index is 13.1. The Morgan fingerprint density at radius 1 is 0.973 bits per heavy atom. The number of benzene rings is 3. The Morgan fingerprint density at radius 2 is 1.62 bits per heavy atom. The van der Waals surface area contributed by atoms with E-state index in [1.54, 1.807) is 66.7 Å². The Bertz CT molecular complexity index is 1330. The number of hydrogen-bond donors (Lipinski definition) is 1. The highest BCUT2D eigenvalue weighted by molar-refractivity contribution is 7.89. The molecule has 7 nitrogen and oxygen atoms in total. The number of hydrogen-bond acceptors (Lipinski definition) is 5. The molecule has 3 aromatic carbocycles. The van der Waals surface area contributed by atoms with Crippen LogP contribution in [-0.2, 0) is 10.0 Å². The maximum atomic E-state index is 13.1. The van der Waals surface area contributed by atoms with Gasteiger partial charge < -0.3 is 15.0 Å². The predicted molar refractivity (Wildman–Crippen MR) is 148 cm³/mol. The Hall–Kier alpha value is -3.07. The van der Waals surface area contributed by atoms with Gasteiger partial charge in [0, 0.05) is 31.7 Å². The molecule has 0 spiro atoms. The highest BCUT2D eigenvalue weighted by atomic mass is 35.5. The fraction of sp³-hybridized carbons (Fsp3) is 0.321. The van der Waals surface area contributed by atoms with Gasteiger partial charge in [0.2, 0.25) is 10.0 Å². The van der Waals surface area contributed by atoms with Crippen molar-refractivity contribution in [2.45, 2.75) is 25.7 Å². The molecule has 0 aliphatic carbocycles. The minimum atomic E-state index is -3.58. The first-order chi connectivity index (χ1) is 17.6. The molecule has 1 aliphatic heterocycles. The van der Waals surface area contributed by atoms with Crippen molar-refractivity contribution in [1.29, 1.82) is 0 Å². The molecular weight excluding hydrogens is 510 g/mol. The summed E-state index contributed by atoms with van der Waals surface area (Å²) in [6.45, 7) is 8.20. The Morgan fingerprint density at radius 3 is 2.24 bits per heavy atom. The molecule has 1 N–H and O–H groups in total. The van der Waals surface area contributed by atoms with E-state index in [9.17, 15) is 13.2 Å². The second-order valence-corrected chi connectivity index (χ2v) is 11.9. The molecule has 1 fully saturated rings. The second-order valence-electron chi connectivity index (χ2n) is 9.52. The van der Waals surface area contributed by atoms with Crippen molar-refractivity contribution in [2.24, 2.45) is 5.92 Å². The number of ether oxygens (including phenoxy) is 1. The average molecular weight is 542 g/mol. The van der Waals surface area contributed by atoms with Gasteiger partial charge in [-0.3, -0.25) is 4.79 Å². The number of rotatable bonds is 8. The molecule has 3 aromatic rings. The molecule has 1 amide bonds. The van der Waals surface area contributed by atoms with Crippen molar-refractivity contribution >= 4 is 38.9 Å². The highest BCUT2D eigenvalue weighted by Crippen LogP contribution is 2.35. The summed E-state index contributed by atoms with van der Waals surface area (Å²) in [5.74, 6) is 0.862. The zero-order chi connectivity index (χ0) is 26.6. The Labute approximate surface area is 224 Å². The fourth-order valence-electron chi connectivity index (χ4n) is 4.11. The molecule has 1 heterocycles. The van der Waals surface area contributed by atoms with Crippen LogP contribution in [0.25, 0.3) is 0 Å². The molecule has 9 heteroatoms. The van der Waals surface area contributed by atoms with Crippen LogP contribution in [0.5, 0.6) is 5.75 Å². The summed E-state index contributed by atoms with van der Waals surface area (Å²) in [4.78, 5) is 15.3. The van der Waals surface area contributed by atoms with Crippen LogP contribution in [0.1, 0.15) is 29.8 Å². The molecule has 0 saturated carbocycles. The quantitative estimate of drug-likeness (QED) is 0.410. The third-order valence-electron chi connectivity index (χ3n) is 6.15. The largest absolute Gasteiger partial charge is 0.493 e. The SMILES string of the molecule is Cc1ccc(S(=O)(=O)N2CCN(c3c(Cl)cccc3NC(=O)c3ccc(OCC(C)C)cc3)CC2)cc1. The minimum Gasteiger partial charge on any atom is -0.493 e. The van der Waals surface area contributed by atoms with E-state index in [2.05, 4.69) is 19.2 Å². The van der Waals surface area contributed by atoms with Crippen LogP contribution >= 0.6 is 11.6 Å². The number of para-hydroxylation sites is 1. The van der Waals surface area contributed by atoms with Crippen LogP contribution < -0.4 is 15.0 Å². The number of sulfonamides is 1. The fourth-order valence-corrected chi connectivity index (χ4v) is 5.83. The van der Waals surface area contributed by atoms with Gasteiger partial charge in [-0.15, -0.1) is 0 Å². The Balaban J connectivity index is 1.45. The van der Waals surface area contributed by atoms with Gasteiger partial charge in [0.25, 0.3) is 5.91 Å². The first kappa shape index (κ1) is 27.0. The van der Waals surface area contributed by atoms with Gasteiger partial charge >= 0.3 is 0 Å². The lowest BCUT2D eigenvalue weighted by atomic mass is 10.1. The van der Waals surface area contributed by atoms with E-state index in [0.717, 1.165) is 5.56 Å². The predicted octanol–water partition coefficient (Wildman–Crippen LogP) is 5.45.